The number of rotatable bonds is 6. The van der Waals surface area contributed by atoms with Gasteiger partial charge in [-0.3, -0.25) is 4.79 Å². The van der Waals surface area contributed by atoms with Crippen LogP contribution in [0.15, 0.2) is 18.2 Å². The third-order valence-electron chi connectivity index (χ3n) is 2.73. The molecule has 0 heterocycles. The van der Waals surface area contributed by atoms with Crippen LogP contribution in [0.1, 0.15) is 25.0 Å². The van der Waals surface area contributed by atoms with Crippen molar-refractivity contribution < 1.29 is 24.9 Å². The van der Waals surface area contributed by atoms with Gasteiger partial charge < -0.3 is 25.4 Å². The van der Waals surface area contributed by atoms with Crippen molar-refractivity contribution in [2.24, 2.45) is 0 Å². The maximum atomic E-state index is 10.7. The van der Waals surface area contributed by atoms with E-state index in [1.165, 1.54) is 26.2 Å². The van der Waals surface area contributed by atoms with Crippen LogP contribution in [0.3, 0.4) is 0 Å². The number of aromatic hydroxyl groups is 1. The highest BCUT2D eigenvalue weighted by Gasteiger charge is 2.21. The van der Waals surface area contributed by atoms with Gasteiger partial charge in [-0.05, 0) is 24.6 Å². The third kappa shape index (κ3) is 4.42. The molecule has 1 aromatic carbocycles. The van der Waals surface area contributed by atoms with Gasteiger partial charge in [-0.2, -0.15) is 0 Å². The van der Waals surface area contributed by atoms with E-state index in [2.05, 4.69) is 5.32 Å². The Kier molecular flexibility index (Phi) is 5.59. The fourth-order valence-electron chi connectivity index (χ4n) is 1.66. The minimum absolute atomic E-state index is 0.119. The number of carbonyl (C=O) groups is 1. The molecule has 6 heteroatoms. The summed E-state index contributed by atoms with van der Waals surface area (Å²) in [6.45, 7) is 1.62. The molecule has 0 spiro atoms. The molecule has 0 aliphatic heterocycles. The molecule has 0 saturated carbocycles. The molecule has 1 amide bonds. The normalized spacial score (nSPS) is 13.7. The smallest absolute Gasteiger partial charge is 0.216 e. The number of phenolic OH excluding ortho intramolecular Hbond substituents is 1. The Bertz CT molecular complexity index is 435. The van der Waals surface area contributed by atoms with Crippen molar-refractivity contribution in [3.05, 3.63) is 23.8 Å². The number of hydrogen-bond acceptors (Lipinski definition) is 5. The highest BCUT2D eigenvalue weighted by atomic mass is 16.5. The summed E-state index contributed by atoms with van der Waals surface area (Å²) in [5, 5.41) is 32.0. The van der Waals surface area contributed by atoms with Crippen molar-refractivity contribution in [3.8, 4) is 11.5 Å². The molecule has 0 bridgehead atoms. The molecular formula is C13H19NO5. The number of aliphatic hydroxyl groups excluding tert-OH is 2. The summed E-state index contributed by atoms with van der Waals surface area (Å²) >= 11 is 0. The summed E-state index contributed by atoms with van der Waals surface area (Å²) in [5.74, 6) is 0.152. The second-order valence-corrected chi connectivity index (χ2v) is 4.21. The van der Waals surface area contributed by atoms with Gasteiger partial charge in [-0.25, -0.2) is 0 Å². The fourth-order valence-corrected chi connectivity index (χ4v) is 1.66. The molecule has 19 heavy (non-hydrogen) atoms. The SMILES string of the molecule is COc1ccc(O)c(C(O)C(O)CCNC(C)=O)c1. The van der Waals surface area contributed by atoms with Gasteiger partial charge in [0.25, 0.3) is 0 Å². The van der Waals surface area contributed by atoms with Crippen LogP contribution in [0, 0.1) is 0 Å². The summed E-state index contributed by atoms with van der Waals surface area (Å²) in [5.41, 5.74) is 0.190. The van der Waals surface area contributed by atoms with E-state index in [4.69, 9.17) is 4.74 Å². The Labute approximate surface area is 111 Å². The minimum atomic E-state index is -1.25. The number of ether oxygens (including phenoxy) is 1. The predicted octanol–water partition coefficient (Wildman–Crippen LogP) is 0.321. The Morgan fingerprint density at radius 2 is 2.11 bits per heavy atom. The van der Waals surface area contributed by atoms with E-state index in [1.54, 1.807) is 6.07 Å². The first kappa shape index (κ1) is 15.3. The number of nitrogens with one attached hydrogen (secondary N) is 1. The fraction of sp³-hybridized carbons (Fsp3) is 0.462. The van der Waals surface area contributed by atoms with Gasteiger partial charge in [0, 0.05) is 19.0 Å². The zero-order valence-electron chi connectivity index (χ0n) is 11.0. The minimum Gasteiger partial charge on any atom is -0.508 e. The first-order valence-corrected chi connectivity index (χ1v) is 5.93. The molecule has 1 rings (SSSR count). The zero-order chi connectivity index (χ0) is 14.4. The number of amides is 1. The van der Waals surface area contributed by atoms with E-state index in [9.17, 15) is 20.1 Å². The number of methoxy groups -OCH3 is 1. The van der Waals surface area contributed by atoms with Crippen LogP contribution < -0.4 is 10.1 Å². The average molecular weight is 269 g/mol. The molecular weight excluding hydrogens is 250 g/mol. The number of benzene rings is 1. The summed E-state index contributed by atoms with van der Waals surface area (Å²) in [7, 11) is 1.47. The first-order chi connectivity index (χ1) is 8.95. The van der Waals surface area contributed by atoms with Gasteiger partial charge in [-0.1, -0.05) is 0 Å². The second kappa shape index (κ2) is 6.96. The van der Waals surface area contributed by atoms with Crippen LogP contribution in [-0.2, 0) is 4.79 Å². The molecule has 6 nitrogen and oxygen atoms in total. The zero-order valence-corrected chi connectivity index (χ0v) is 11.0. The number of phenols is 1. The van der Waals surface area contributed by atoms with Crippen molar-refractivity contribution in [2.75, 3.05) is 13.7 Å². The van der Waals surface area contributed by atoms with E-state index < -0.39 is 12.2 Å². The van der Waals surface area contributed by atoms with Crippen LogP contribution in [0.25, 0.3) is 0 Å². The van der Waals surface area contributed by atoms with Crippen LogP contribution in [0.4, 0.5) is 0 Å². The average Bonchev–Trinajstić information content (AvgIpc) is 2.38. The molecule has 0 saturated heterocycles. The Balaban J connectivity index is 2.70. The highest BCUT2D eigenvalue weighted by molar-refractivity contribution is 5.72. The van der Waals surface area contributed by atoms with E-state index in [-0.39, 0.29) is 30.2 Å². The molecule has 0 fully saturated rings. The number of carbonyl (C=O) groups excluding carboxylic acids is 1. The lowest BCUT2D eigenvalue weighted by molar-refractivity contribution is -0.119. The highest BCUT2D eigenvalue weighted by Crippen LogP contribution is 2.30. The Morgan fingerprint density at radius 3 is 2.68 bits per heavy atom. The van der Waals surface area contributed by atoms with Crippen LogP contribution >= 0.6 is 0 Å². The molecule has 4 N–H and O–H groups in total. The topological polar surface area (TPSA) is 99.0 Å². The summed E-state index contributed by atoms with van der Waals surface area (Å²) < 4.78 is 4.99. The third-order valence-corrected chi connectivity index (χ3v) is 2.73. The van der Waals surface area contributed by atoms with Gasteiger partial charge in [0.2, 0.25) is 5.91 Å². The molecule has 106 valence electrons. The predicted molar refractivity (Wildman–Crippen MR) is 68.9 cm³/mol. The van der Waals surface area contributed by atoms with Crippen molar-refractivity contribution >= 4 is 5.91 Å². The molecule has 0 aliphatic rings. The van der Waals surface area contributed by atoms with Crippen molar-refractivity contribution in [1.82, 2.24) is 5.32 Å². The van der Waals surface area contributed by atoms with E-state index in [0.717, 1.165) is 0 Å². The Morgan fingerprint density at radius 1 is 1.42 bits per heavy atom. The lowest BCUT2D eigenvalue weighted by atomic mass is 10.0. The standard InChI is InChI=1S/C13H19NO5/c1-8(15)14-6-5-12(17)13(18)10-7-9(19-2)3-4-11(10)16/h3-4,7,12-13,16-18H,5-6H2,1-2H3,(H,14,15). The van der Waals surface area contributed by atoms with E-state index in [1.807, 2.05) is 0 Å². The van der Waals surface area contributed by atoms with Gasteiger partial charge in [0.05, 0.1) is 13.2 Å². The van der Waals surface area contributed by atoms with Gasteiger partial charge in [0.15, 0.2) is 0 Å². The van der Waals surface area contributed by atoms with Crippen molar-refractivity contribution in [3.63, 3.8) is 0 Å². The van der Waals surface area contributed by atoms with Gasteiger partial charge >= 0.3 is 0 Å². The van der Waals surface area contributed by atoms with Crippen LogP contribution in [0.2, 0.25) is 0 Å². The molecule has 0 aliphatic carbocycles. The monoisotopic (exact) mass is 269 g/mol. The first-order valence-electron chi connectivity index (χ1n) is 5.93. The lowest BCUT2D eigenvalue weighted by Crippen LogP contribution is -2.27. The summed E-state index contributed by atoms with van der Waals surface area (Å²) in [6.07, 6.45) is -2.16. The quantitative estimate of drug-likeness (QED) is 0.596. The van der Waals surface area contributed by atoms with Gasteiger partial charge in [-0.15, -0.1) is 0 Å². The second-order valence-electron chi connectivity index (χ2n) is 4.21. The Hall–Kier alpha value is -1.79. The molecule has 0 aromatic heterocycles. The molecule has 1 aromatic rings. The van der Waals surface area contributed by atoms with Crippen molar-refractivity contribution in [2.45, 2.75) is 25.6 Å². The van der Waals surface area contributed by atoms with E-state index in [0.29, 0.717) is 5.75 Å². The summed E-state index contributed by atoms with van der Waals surface area (Å²) in [4.78, 5) is 10.7. The van der Waals surface area contributed by atoms with Crippen molar-refractivity contribution in [1.29, 1.82) is 0 Å². The van der Waals surface area contributed by atoms with Crippen LogP contribution in [0.5, 0.6) is 11.5 Å². The number of aliphatic hydroxyl groups is 2. The maximum Gasteiger partial charge on any atom is 0.216 e. The molecule has 0 radical (unpaired) electrons. The van der Waals surface area contributed by atoms with Gasteiger partial charge in [0.1, 0.15) is 17.6 Å². The van der Waals surface area contributed by atoms with E-state index >= 15 is 0 Å². The maximum absolute atomic E-state index is 10.7. The lowest BCUT2D eigenvalue weighted by Gasteiger charge is -2.19. The van der Waals surface area contributed by atoms with Crippen LogP contribution in [-0.4, -0.2) is 41.0 Å². The molecule has 2 atom stereocenters. The molecule has 2 unspecified atom stereocenters. The number of hydrogen-bond donors (Lipinski definition) is 4. The summed E-state index contributed by atoms with van der Waals surface area (Å²) in [6, 6.07) is 4.40. The largest absolute Gasteiger partial charge is 0.508 e.